The Morgan fingerprint density at radius 2 is 1.83 bits per heavy atom. The third-order valence-electron chi connectivity index (χ3n) is 3.04. The summed E-state index contributed by atoms with van der Waals surface area (Å²) in [6.45, 7) is 0. The number of ketones is 1. The number of hydrogen-bond acceptors (Lipinski definition) is 2. The Morgan fingerprint density at radius 1 is 1.06 bits per heavy atom. The third kappa shape index (κ3) is 1.95. The SMILES string of the molecule is O=C1Cc2cccc(Br)c2OC1c1ccccc1. The molecular formula is C15H11BrO2. The summed E-state index contributed by atoms with van der Waals surface area (Å²) in [5.41, 5.74) is 1.85. The predicted octanol–water partition coefficient (Wildman–Crippen LogP) is 3.69. The first-order valence-electron chi connectivity index (χ1n) is 5.77. The number of fused-ring (bicyclic) bond motifs is 1. The molecule has 90 valence electrons. The van der Waals surface area contributed by atoms with Crippen molar-refractivity contribution >= 4 is 21.7 Å². The Labute approximate surface area is 114 Å². The van der Waals surface area contributed by atoms with Crippen LogP contribution in [0.2, 0.25) is 0 Å². The van der Waals surface area contributed by atoms with Gasteiger partial charge in [0, 0.05) is 12.0 Å². The van der Waals surface area contributed by atoms with E-state index in [4.69, 9.17) is 4.74 Å². The molecule has 1 heterocycles. The van der Waals surface area contributed by atoms with E-state index >= 15 is 0 Å². The first kappa shape index (κ1) is 11.5. The normalized spacial score (nSPS) is 18.1. The molecule has 0 radical (unpaired) electrons. The molecule has 0 saturated carbocycles. The summed E-state index contributed by atoms with van der Waals surface area (Å²) in [6, 6.07) is 15.4. The second-order valence-corrected chi connectivity index (χ2v) is 5.13. The molecule has 1 atom stereocenters. The minimum absolute atomic E-state index is 0.104. The van der Waals surface area contributed by atoms with E-state index in [1.54, 1.807) is 0 Å². The number of hydrogen-bond donors (Lipinski definition) is 0. The molecule has 3 rings (SSSR count). The second-order valence-electron chi connectivity index (χ2n) is 4.28. The van der Waals surface area contributed by atoms with Crippen molar-refractivity contribution < 1.29 is 9.53 Å². The lowest BCUT2D eigenvalue weighted by atomic mass is 9.96. The lowest BCUT2D eigenvalue weighted by Gasteiger charge is -2.26. The van der Waals surface area contributed by atoms with Gasteiger partial charge in [0.1, 0.15) is 5.75 Å². The lowest BCUT2D eigenvalue weighted by molar-refractivity contribution is -0.126. The summed E-state index contributed by atoms with van der Waals surface area (Å²) >= 11 is 3.47. The highest BCUT2D eigenvalue weighted by atomic mass is 79.9. The molecule has 0 fully saturated rings. The van der Waals surface area contributed by atoms with Crippen LogP contribution < -0.4 is 4.74 Å². The summed E-state index contributed by atoms with van der Waals surface area (Å²) in [6.07, 6.45) is -0.0636. The number of ether oxygens (including phenoxy) is 1. The average molecular weight is 303 g/mol. The van der Waals surface area contributed by atoms with Crippen LogP contribution in [0.1, 0.15) is 17.2 Å². The molecule has 0 aromatic heterocycles. The van der Waals surface area contributed by atoms with Gasteiger partial charge in [0.15, 0.2) is 11.9 Å². The van der Waals surface area contributed by atoms with E-state index in [0.717, 1.165) is 21.3 Å². The van der Waals surface area contributed by atoms with Gasteiger partial charge in [-0.3, -0.25) is 4.79 Å². The van der Waals surface area contributed by atoms with Crippen molar-refractivity contribution in [3.63, 3.8) is 0 Å². The van der Waals surface area contributed by atoms with E-state index in [9.17, 15) is 4.79 Å². The van der Waals surface area contributed by atoms with E-state index in [2.05, 4.69) is 15.9 Å². The molecular weight excluding hydrogens is 292 g/mol. The van der Waals surface area contributed by atoms with Crippen LogP contribution in [0, 0.1) is 0 Å². The first-order valence-corrected chi connectivity index (χ1v) is 6.57. The molecule has 18 heavy (non-hydrogen) atoms. The number of rotatable bonds is 1. The molecule has 0 amide bonds. The van der Waals surface area contributed by atoms with Crippen molar-refractivity contribution in [1.82, 2.24) is 0 Å². The maximum Gasteiger partial charge on any atom is 0.182 e. The van der Waals surface area contributed by atoms with Crippen LogP contribution in [-0.2, 0) is 11.2 Å². The molecule has 0 bridgehead atoms. The van der Waals surface area contributed by atoms with Gasteiger partial charge >= 0.3 is 0 Å². The molecule has 1 unspecified atom stereocenters. The number of para-hydroxylation sites is 1. The highest BCUT2D eigenvalue weighted by Crippen LogP contribution is 2.37. The van der Waals surface area contributed by atoms with Crippen molar-refractivity contribution in [1.29, 1.82) is 0 Å². The molecule has 2 nitrogen and oxygen atoms in total. The van der Waals surface area contributed by atoms with Crippen LogP contribution in [0.3, 0.4) is 0 Å². The maximum absolute atomic E-state index is 12.1. The van der Waals surface area contributed by atoms with Crippen LogP contribution >= 0.6 is 15.9 Å². The Kier molecular flexibility index (Phi) is 2.92. The molecule has 0 aliphatic carbocycles. The van der Waals surface area contributed by atoms with Crippen molar-refractivity contribution in [3.05, 3.63) is 64.1 Å². The molecule has 2 aromatic rings. The Bertz CT molecular complexity index is 593. The largest absolute Gasteiger partial charge is 0.476 e. The molecule has 1 aliphatic heterocycles. The van der Waals surface area contributed by atoms with Crippen molar-refractivity contribution in [3.8, 4) is 5.75 Å². The van der Waals surface area contributed by atoms with Crippen LogP contribution in [0.5, 0.6) is 5.75 Å². The zero-order chi connectivity index (χ0) is 12.5. The van der Waals surface area contributed by atoms with Gasteiger partial charge in [-0.2, -0.15) is 0 Å². The average Bonchev–Trinajstić information content (AvgIpc) is 2.39. The quantitative estimate of drug-likeness (QED) is 0.803. The van der Waals surface area contributed by atoms with Gasteiger partial charge in [0.05, 0.1) is 4.47 Å². The number of carbonyl (C=O) groups excluding carboxylic acids is 1. The van der Waals surface area contributed by atoms with Crippen LogP contribution in [0.25, 0.3) is 0 Å². The van der Waals surface area contributed by atoms with E-state index in [0.29, 0.717) is 6.42 Å². The molecule has 0 saturated heterocycles. The molecule has 3 heteroatoms. The van der Waals surface area contributed by atoms with Gasteiger partial charge in [-0.15, -0.1) is 0 Å². The Morgan fingerprint density at radius 3 is 2.61 bits per heavy atom. The van der Waals surface area contributed by atoms with E-state index in [1.165, 1.54) is 0 Å². The van der Waals surface area contributed by atoms with Gasteiger partial charge in [0.25, 0.3) is 0 Å². The Hall–Kier alpha value is -1.61. The number of carbonyl (C=O) groups is 1. The zero-order valence-electron chi connectivity index (χ0n) is 9.60. The van der Waals surface area contributed by atoms with Gasteiger partial charge in [0.2, 0.25) is 0 Å². The number of benzene rings is 2. The minimum Gasteiger partial charge on any atom is -0.476 e. The van der Waals surface area contributed by atoms with E-state index in [1.807, 2.05) is 48.5 Å². The highest BCUT2D eigenvalue weighted by Gasteiger charge is 2.29. The topological polar surface area (TPSA) is 26.3 Å². The third-order valence-corrected chi connectivity index (χ3v) is 3.67. The maximum atomic E-state index is 12.1. The van der Waals surface area contributed by atoms with Gasteiger partial charge in [-0.25, -0.2) is 0 Å². The lowest BCUT2D eigenvalue weighted by Crippen LogP contribution is -2.25. The van der Waals surface area contributed by atoms with Crippen LogP contribution in [-0.4, -0.2) is 5.78 Å². The summed E-state index contributed by atoms with van der Waals surface area (Å²) in [5, 5.41) is 0. The van der Waals surface area contributed by atoms with Crippen LogP contribution in [0.15, 0.2) is 53.0 Å². The summed E-state index contributed by atoms with van der Waals surface area (Å²) < 4.78 is 6.76. The fraction of sp³-hybridized carbons (Fsp3) is 0.133. The van der Waals surface area contributed by atoms with Gasteiger partial charge in [-0.1, -0.05) is 42.5 Å². The molecule has 0 spiro atoms. The first-order chi connectivity index (χ1) is 8.75. The Balaban J connectivity index is 2.02. The number of Topliss-reactive ketones (excluding diaryl/α,β-unsaturated/α-hetero) is 1. The summed E-state index contributed by atoms with van der Waals surface area (Å²) in [7, 11) is 0. The highest BCUT2D eigenvalue weighted by molar-refractivity contribution is 9.10. The summed E-state index contributed by atoms with van der Waals surface area (Å²) in [4.78, 5) is 12.1. The predicted molar refractivity (Wildman–Crippen MR) is 72.7 cm³/mol. The zero-order valence-corrected chi connectivity index (χ0v) is 11.2. The van der Waals surface area contributed by atoms with Crippen molar-refractivity contribution in [2.45, 2.75) is 12.5 Å². The molecule has 0 N–H and O–H groups in total. The molecule has 1 aliphatic rings. The fourth-order valence-electron chi connectivity index (χ4n) is 2.17. The van der Waals surface area contributed by atoms with Gasteiger partial charge in [-0.05, 0) is 27.6 Å². The monoisotopic (exact) mass is 302 g/mol. The smallest absolute Gasteiger partial charge is 0.182 e. The van der Waals surface area contributed by atoms with Crippen molar-refractivity contribution in [2.75, 3.05) is 0 Å². The van der Waals surface area contributed by atoms with E-state index < -0.39 is 6.10 Å². The number of halogens is 1. The van der Waals surface area contributed by atoms with Crippen LogP contribution in [0.4, 0.5) is 0 Å². The summed E-state index contributed by atoms with van der Waals surface area (Å²) in [5.74, 6) is 0.887. The molecule has 2 aromatic carbocycles. The second kappa shape index (κ2) is 4.58. The van der Waals surface area contributed by atoms with Gasteiger partial charge < -0.3 is 4.74 Å². The standard InChI is InChI=1S/C15H11BrO2/c16-12-8-4-7-11-9-13(17)15(18-14(11)12)10-5-2-1-3-6-10/h1-8,15H,9H2. The minimum atomic E-state index is -0.489. The van der Waals surface area contributed by atoms with E-state index in [-0.39, 0.29) is 5.78 Å². The fourth-order valence-corrected chi connectivity index (χ4v) is 2.67. The van der Waals surface area contributed by atoms with Crippen molar-refractivity contribution in [2.24, 2.45) is 0 Å².